The lowest BCUT2D eigenvalue weighted by molar-refractivity contribution is 0.149. The zero-order valence-electron chi connectivity index (χ0n) is 15.9. The van der Waals surface area contributed by atoms with E-state index in [-0.39, 0.29) is 5.88 Å². The Morgan fingerprint density at radius 1 is 1.26 bits per heavy atom. The van der Waals surface area contributed by atoms with Crippen LogP contribution < -0.4 is 4.74 Å². The van der Waals surface area contributed by atoms with E-state index in [0.29, 0.717) is 22.3 Å². The Bertz CT molecular complexity index is 844. The van der Waals surface area contributed by atoms with Crippen molar-refractivity contribution >= 4 is 44.9 Å². The largest absolute Gasteiger partial charge is 0.497 e. The van der Waals surface area contributed by atoms with Gasteiger partial charge in [0.05, 0.1) is 12.6 Å². The maximum absolute atomic E-state index is 10.8. The van der Waals surface area contributed by atoms with Crippen molar-refractivity contribution in [2.75, 3.05) is 53.1 Å². The first-order valence-corrected chi connectivity index (χ1v) is 10.5. The standard InChI is InChI=1S/C18H25N5O2S2/c1-21-6-8-22(9-7-21)10-11-23-15-5-4-13(25-2)12-14(15)16(17(23)24)19-20-18(26)27-3/h4-5,12,24H,6-11H2,1-3H3. The normalized spacial score (nSPS) is 16.4. The predicted octanol–water partition coefficient (Wildman–Crippen LogP) is 3.33. The lowest BCUT2D eigenvalue weighted by Gasteiger charge is -2.32. The van der Waals surface area contributed by atoms with Gasteiger partial charge >= 0.3 is 0 Å². The van der Waals surface area contributed by atoms with Gasteiger partial charge in [0, 0.05) is 44.7 Å². The van der Waals surface area contributed by atoms with E-state index >= 15 is 0 Å². The SMILES string of the molecule is COc1ccc2c(c1)c(N=NC(=S)SC)c(O)n2CCN1CCN(C)CC1. The summed E-state index contributed by atoms with van der Waals surface area (Å²) in [6.45, 7) is 5.78. The second kappa shape index (κ2) is 9.01. The van der Waals surface area contributed by atoms with E-state index in [1.807, 2.05) is 29.0 Å². The molecular formula is C18H25N5O2S2. The summed E-state index contributed by atoms with van der Waals surface area (Å²) >= 11 is 6.45. The van der Waals surface area contributed by atoms with Gasteiger partial charge in [-0.3, -0.25) is 4.90 Å². The summed E-state index contributed by atoms with van der Waals surface area (Å²) < 4.78 is 7.65. The molecule has 3 rings (SSSR count). The van der Waals surface area contributed by atoms with Crippen molar-refractivity contribution in [3.8, 4) is 11.6 Å². The number of aromatic nitrogens is 1. The molecule has 2 heterocycles. The molecule has 0 amide bonds. The predicted molar refractivity (Wildman–Crippen MR) is 115 cm³/mol. The smallest absolute Gasteiger partial charge is 0.220 e. The summed E-state index contributed by atoms with van der Waals surface area (Å²) in [6, 6.07) is 5.71. The number of aromatic hydroxyl groups is 1. The molecule has 1 aliphatic rings. The average molecular weight is 408 g/mol. The first kappa shape index (κ1) is 20.1. The molecule has 1 N–H and O–H groups in total. The lowest BCUT2D eigenvalue weighted by atomic mass is 10.2. The van der Waals surface area contributed by atoms with Crippen molar-refractivity contribution < 1.29 is 9.84 Å². The van der Waals surface area contributed by atoms with E-state index in [0.717, 1.165) is 43.6 Å². The number of piperazine rings is 1. The van der Waals surface area contributed by atoms with E-state index in [9.17, 15) is 5.11 Å². The van der Waals surface area contributed by atoms with Crippen LogP contribution in [-0.2, 0) is 6.54 Å². The molecule has 1 aliphatic heterocycles. The fourth-order valence-electron chi connectivity index (χ4n) is 3.20. The average Bonchev–Trinajstić information content (AvgIpc) is 2.95. The number of azo groups is 1. The van der Waals surface area contributed by atoms with Crippen LogP contribution in [0.2, 0.25) is 0 Å². The third-order valence-electron chi connectivity index (χ3n) is 4.86. The summed E-state index contributed by atoms with van der Waals surface area (Å²) in [5.41, 5.74) is 1.34. The molecule has 0 radical (unpaired) electrons. The second-order valence-corrected chi connectivity index (χ2v) is 7.96. The first-order chi connectivity index (χ1) is 13.0. The van der Waals surface area contributed by atoms with Crippen LogP contribution in [0.1, 0.15) is 0 Å². The lowest BCUT2D eigenvalue weighted by Crippen LogP contribution is -2.45. The van der Waals surface area contributed by atoms with E-state index in [2.05, 4.69) is 27.1 Å². The van der Waals surface area contributed by atoms with Crippen LogP contribution in [0.3, 0.4) is 0 Å². The molecular weight excluding hydrogens is 382 g/mol. The van der Waals surface area contributed by atoms with Crippen molar-refractivity contribution in [3.05, 3.63) is 18.2 Å². The number of thiocarbonyl (C=S) groups is 1. The van der Waals surface area contributed by atoms with E-state index in [1.54, 1.807) is 7.11 Å². The fraction of sp³-hybridized carbons (Fsp3) is 0.500. The Kier molecular flexibility index (Phi) is 6.69. The number of ether oxygens (including phenoxy) is 1. The monoisotopic (exact) mass is 407 g/mol. The number of fused-ring (bicyclic) bond motifs is 1. The van der Waals surface area contributed by atoms with Gasteiger partial charge in [0.1, 0.15) is 5.75 Å². The zero-order valence-corrected chi connectivity index (χ0v) is 17.5. The van der Waals surface area contributed by atoms with Crippen LogP contribution in [0, 0.1) is 0 Å². The van der Waals surface area contributed by atoms with Gasteiger partial charge in [-0.05, 0) is 43.7 Å². The van der Waals surface area contributed by atoms with E-state index in [1.165, 1.54) is 11.8 Å². The van der Waals surface area contributed by atoms with Gasteiger partial charge in [0.15, 0.2) is 10.0 Å². The van der Waals surface area contributed by atoms with Gasteiger partial charge in [-0.2, -0.15) is 0 Å². The molecule has 0 saturated carbocycles. The number of thioether (sulfide) groups is 1. The van der Waals surface area contributed by atoms with Crippen LogP contribution in [0.5, 0.6) is 11.6 Å². The molecule has 0 bridgehead atoms. The Morgan fingerprint density at radius 2 is 2.00 bits per heavy atom. The van der Waals surface area contributed by atoms with E-state index < -0.39 is 0 Å². The van der Waals surface area contributed by atoms with Crippen molar-refractivity contribution in [3.63, 3.8) is 0 Å². The Hall–Kier alpha value is -1.68. The molecule has 1 aromatic carbocycles. The van der Waals surface area contributed by atoms with E-state index in [4.69, 9.17) is 17.0 Å². The molecule has 7 nitrogen and oxygen atoms in total. The summed E-state index contributed by atoms with van der Waals surface area (Å²) in [5.74, 6) is 0.822. The highest BCUT2D eigenvalue weighted by Gasteiger charge is 2.19. The number of likely N-dealkylation sites (N-methyl/N-ethyl adjacent to an activating group) is 1. The molecule has 9 heteroatoms. The maximum Gasteiger partial charge on any atom is 0.220 e. The van der Waals surface area contributed by atoms with Crippen molar-refractivity contribution in [2.24, 2.45) is 10.2 Å². The number of nitrogens with zero attached hydrogens (tertiary/aromatic N) is 5. The third-order valence-corrected chi connectivity index (χ3v) is 5.87. The molecule has 146 valence electrons. The van der Waals surface area contributed by atoms with Crippen molar-refractivity contribution in [1.82, 2.24) is 14.4 Å². The van der Waals surface area contributed by atoms with Gasteiger partial charge in [-0.25, -0.2) is 0 Å². The number of rotatable bonds is 5. The third kappa shape index (κ3) is 4.60. The molecule has 27 heavy (non-hydrogen) atoms. The minimum atomic E-state index is 0.111. The zero-order chi connectivity index (χ0) is 19.4. The minimum Gasteiger partial charge on any atom is -0.497 e. The molecule has 1 fully saturated rings. The quantitative estimate of drug-likeness (QED) is 0.606. The summed E-state index contributed by atoms with van der Waals surface area (Å²) in [6.07, 6.45) is 1.85. The van der Waals surface area contributed by atoms with Gasteiger partial charge < -0.3 is 19.3 Å². The van der Waals surface area contributed by atoms with Crippen LogP contribution in [0.4, 0.5) is 5.69 Å². The number of methoxy groups -OCH3 is 1. The molecule has 0 unspecified atom stereocenters. The molecule has 0 atom stereocenters. The van der Waals surface area contributed by atoms with Crippen LogP contribution in [-0.4, -0.2) is 76.9 Å². The minimum absolute atomic E-state index is 0.111. The second-order valence-electron chi connectivity index (χ2n) is 6.52. The van der Waals surface area contributed by atoms with Gasteiger partial charge in [-0.15, -0.1) is 10.2 Å². The number of benzene rings is 1. The fourth-order valence-corrected chi connectivity index (χ4v) is 3.36. The first-order valence-electron chi connectivity index (χ1n) is 8.83. The molecule has 1 saturated heterocycles. The Labute approximate surface area is 169 Å². The maximum atomic E-state index is 10.8. The molecule has 2 aromatic rings. The number of hydrogen-bond acceptors (Lipinski definition) is 7. The van der Waals surface area contributed by atoms with Gasteiger partial charge in [0.2, 0.25) is 5.88 Å². The molecule has 0 aliphatic carbocycles. The highest BCUT2D eigenvalue weighted by molar-refractivity contribution is 8.22. The summed E-state index contributed by atoms with van der Waals surface area (Å²) in [5, 5.41) is 19.9. The molecule has 1 aromatic heterocycles. The van der Waals surface area contributed by atoms with Crippen molar-refractivity contribution in [2.45, 2.75) is 6.54 Å². The van der Waals surface area contributed by atoms with Crippen LogP contribution in [0.25, 0.3) is 10.9 Å². The Morgan fingerprint density at radius 3 is 2.67 bits per heavy atom. The Balaban J connectivity index is 1.90. The number of hydrogen-bond donors (Lipinski definition) is 1. The summed E-state index contributed by atoms with van der Waals surface area (Å²) in [4.78, 5) is 4.75. The molecule has 0 spiro atoms. The van der Waals surface area contributed by atoms with Gasteiger partial charge in [-0.1, -0.05) is 11.8 Å². The van der Waals surface area contributed by atoms with Crippen molar-refractivity contribution in [1.29, 1.82) is 0 Å². The highest BCUT2D eigenvalue weighted by Crippen LogP contribution is 2.40. The van der Waals surface area contributed by atoms with Crippen LogP contribution >= 0.6 is 24.0 Å². The van der Waals surface area contributed by atoms with Gasteiger partial charge in [0.25, 0.3) is 0 Å². The highest BCUT2D eigenvalue weighted by atomic mass is 32.2. The topological polar surface area (TPSA) is 65.6 Å². The summed E-state index contributed by atoms with van der Waals surface area (Å²) in [7, 11) is 3.77. The van der Waals surface area contributed by atoms with Crippen LogP contribution in [0.15, 0.2) is 28.4 Å².